The van der Waals surface area contributed by atoms with Crippen molar-refractivity contribution in [3.8, 4) is 33.6 Å². The van der Waals surface area contributed by atoms with Crippen molar-refractivity contribution in [3.63, 3.8) is 0 Å². The third kappa shape index (κ3) is 4.77. The van der Waals surface area contributed by atoms with Gasteiger partial charge in [-0.2, -0.15) is 0 Å². The van der Waals surface area contributed by atoms with Crippen LogP contribution < -0.4 is 5.73 Å². The number of hydrogen-bond acceptors (Lipinski definition) is 3. The summed E-state index contributed by atoms with van der Waals surface area (Å²) in [6, 6.07) is 55.3. The summed E-state index contributed by atoms with van der Waals surface area (Å²) in [5.41, 5.74) is 23.7. The molecular weight excluding hydrogens is 707 g/mol. The van der Waals surface area contributed by atoms with E-state index in [1.54, 1.807) is 0 Å². The second-order valence-corrected chi connectivity index (χ2v) is 15.2. The molecule has 4 aromatic heterocycles. The number of rotatable bonds is 6. The number of nitrogens with two attached hydrogens (primary N) is 1. The molecule has 10 aromatic rings. The van der Waals surface area contributed by atoms with Gasteiger partial charge in [-0.05, 0) is 113 Å². The lowest BCUT2D eigenvalue weighted by atomic mass is 9.67. The van der Waals surface area contributed by atoms with Crippen LogP contribution in [0.5, 0.6) is 0 Å². The van der Waals surface area contributed by atoms with Gasteiger partial charge in [0.05, 0.1) is 28.2 Å². The average molecular weight is 746 g/mol. The van der Waals surface area contributed by atoms with Gasteiger partial charge >= 0.3 is 0 Å². The lowest BCUT2D eigenvalue weighted by Crippen LogP contribution is -2.28. The number of anilines is 1. The van der Waals surface area contributed by atoms with Crippen molar-refractivity contribution in [2.45, 2.75) is 19.3 Å². The average Bonchev–Trinajstić information content (AvgIpc) is 3.86. The Morgan fingerprint density at radius 1 is 0.552 bits per heavy atom. The van der Waals surface area contributed by atoms with E-state index in [0.29, 0.717) is 5.82 Å². The highest BCUT2D eigenvalue weighted by Crippen LogP contribution is 2.57. The van der Waals surface area contributed by atoms with Crippen LogP contribution in [0.15, 0.2) is 183 Å². The Morgan fingerprint density at radius 3 is 1.98 bits per heavy atom. The van der Waals surface area contributed by atoms with Crippen molar-refractivity contribution in [1.82, 2.24) is 19.1 Å². The number of pyridine rings is 2. The van der Waals surface area contributed by atoms with Crippen molar-refractivity contribution < 1.29 is 0 Å². The number of aromatic nitrogens is 4. The zero-order valence-corrected chi connectivity index (χ0v) is 32.3. The van der Waals surface area contributed by atoms with Crippen molar-refractivity contribution in [3.05, 3.63) is 216 Å². The molecule has 58 heavy (non-hydrogen) atoms. The van der Waals surface area contributed by atoms with Gasteiger partial charge in [0.25, 0.3) is 0 Å². The highest BCUT2D eigenvalue weighted by atomic mass is 15.1. The molecule has 0 spiro atoms. The van der Waals surface area contributed by atoms with Gasteiger partial charge in [-0.3, -0.25) is 14.5 Å². The number of nitrogens with zero attached hydrogens (tertiary/aromatic N) is 4. The van der Waals surface area contributed by atoms with Crippen LogP contribution in [0.4, 0.5) is 5.82 Å². The number of benzene rings is 6. The third-order valence-corrected chi connectivity index (χ3v) is 12.2. The van der Waals surface area contributed by atoms with Crippen molar-refractivity contribution in [2.24, 2.45) is 0 Å². The molecule has 0 amide bonds. The topological polar surface area (TPSA) is 61.7 Å². The fourth-order valence-electron chi connectivity index (χ4n) is 9.74. The van der Waals surface area contributed by atoms with Crippen LogP contribution in [0.3, 0.4) is 0 Å². The second-order valence-electron chi connectivity index (χ2n) is 15.2. The van der Waals surface area contributed by atoms with Gasteiger partial charge in [0.1, 0.15) is 5.82 Å². The minimum absolute atomic E-state index is 0.494. The quantitative estimate of drug-likeness (QED) is 0.184. The Kier molecular flexibility index (Phi) is 7.60. The van der Waals surface area contributed by atoms with Crippen LogP contribution in [0.25, 0.3) is 72.4 Å². The van der Waals surface area contributed by atoms with Gasteiger partial charge in [0.15, 0.2) is 0 Å². The number of fused-ring (bicyclic) bond motifs is 7. The van der Waals surface area contributed by atoms with Gasteiger partial charge in [-0.1, -0.05) is 109 Å². The second kappa shape index (κ2) is 13.0. The van der Waals surface area contributed by atoms with E-state index in [9.17, 15) is 0 Å². The Morgan fingerprint density at radius 2 is 1.24 bits per heavy atom. The van der Waals surface area contributed by atoms with Crippen molar-refractivity contribution in [2.75, 3.05) is 5.73 Å². The summed E-state index contributed by atoms with van der Waals surface area (Å²) < 4.78 is 4.54. The summed E-state index contributed by atoms with van der Waals surface area (Å²) in [6.45, 7) is 4.23. The Labute approximate surface area is 337 Å². The van der Waals surface area contributed by atoms with E-state index in [4.69, 9.17) is 10.7 Å². The minimum atomic E-state index is -0.494. The first kappa shape index (κ1) is 33.8. The molecule has 0 saturated heterocycles. The molecule has 11 rings (SSSR count). The highest BCUT2D eigenvalue weighted by molar-refractivity contribution is 6.12. The maximum atomic E-state index is 6.74. The zero-order chi connectivity index (χ0) is 39.0. The molecule has 0 fully saturated rings. The Hall–Kier alpha value is -7.50. The lowest BCUT2D eigenvalue weighted by Gasteiger charge is -2.33. The summed E-state index contributed by atoms with van der Waals surface area (Å²) >= 11 is 0. The first-order valence-electron chi connectivity index (χ1n) is 19.8. The van der Waals surface area contributed by atoms with Crippen LogP contribution in [-0.4, -0.2) is 19.1 Å². The van der Waals surface area contributed by atoms with Crippen molar-refractivity contribution >= 4 is 44.6 Å². The molecule has 1 aliphatic carbocycles. The lowest BCUT2D eigenvalue weighted by molar-refractivity contribution is 0.768. The van der Waals surface area contributed by atoms with Crippen LogP contribution >= 0.6 is 0 Å². The van der Waals surface area contributed by atoms with E-state index in [0.717, 1.165) is 39.0 Å². The monoisotopic (exact) mass is 745 g/mol. The summed E-state index contributed by atoms with van der Waals surface area (Å²) in [6.07, 6.45) is 11.8. The molecule has 5 nitrogen and oxygen atoms in total. The van der Waals surface area contributed by atoms with Crippen molar-refractivity contribution in [1.29, 1.82) is 0 Å². The van der Waals surface area contributed by atoms with Gasteiger partial charge in [-0.15, -0.1) is 0 Å². The maximum absolute atomic E-state index is 6.74. The normalized spacial score (nSPS) is 13.1. The molecule has 276 valence electrons. The highest BCUT2D eigenvalue weighted by Gasteiger charge is 2.46. The van der Waals surface area contributed by atoms with E-state index in [2.05, 4.69) is 179 Å². The number of aryl methyl sites for hydroxylation is 1. The van der Waals surface area contributed by atoms with Gasteiger partial charge in [0.2, 0.25) is 0 Å². The minimum Gasteiger partial charge on any atom is -0.384 e. The fourth-order valence-corrected chi connectivity index (χ4v) is 9.74. The molecule has 0 saturated carbocycles. The molecule has 0 aliphatic heterocycles. The van der Waals surface area contributed by atoms with Gasteiger partial charge in [0, 0.05) is 57.3 Å². The van der Waals surface area contributed by atoms with Crippen LogP contribution in [0.2, 0.25) is 0 Å². The predicted octanol–water partition coefficient (Wildman–Crippen LogP) is 12.5. The molecule has 1 aliphatic rings. The Bertz CT molecular complexity index is 3200. The summed E-state index contributed by atoms with van der Waals surface area (Å²) in [5.74, 6) is 0.705. The molecule has 5 heteroatoms. The van der Waals surface area contributed by atoms with Gasteiger partial charge in [-0.25, -0.2) is 0 Å². The SMILES string of the molecule is C/C=C\c1c(N)n(-c2ccc(-c3ccc(-n4c5ccccc5c5cc6c(cc54)-c4cnccc4C6(c4ccccc4)c4ccccc4)c(C)c3)cc2)c2cnccc12. The van der Waals surface area contributed by atoms with E-state index < -0.39 is 5.41 Å². The zero-order valence-electron chi connectivity index (χ0n) is 32.3. The summed E-state index contributed by atoms with van der Waals surface area (Å²) in [4.78, 5) is 9.10. The van der Waals surface area contributed by atoms with E-state index in [1.165, 1.54) is 60.8 Å². The first-order valence-corrected chi connectivity index (χ1v) is 19.8. The number of allylic oxidation sites excluding steroid dienone is 1. The largest absolute Gasteiger partial charge is 0.384 e. The molecule has 0 atom stereocenters. The molecule has 6 aromatic carbocycles. The number of hydrogen-bond donors (Lipinski definition) is 1. The van der Waals surface area contributed by atoms with Crippen LogP contribution in [0, 0.1) is 6.92 Å². The van der Waals surface area contributed by atoms with Crippen LogP contribution in [-0.2, 0) is 5.41 Å². The number of nitrogen functional groups attached to an aromatic ring is 1. The van der Waals surface area contributed by atoms with E-state index in [1.807, 2.05) is 37.7 Å². The van der Waals surface area contributed by atoms with E-state index >= 15 is 0 Å². The Balaban J connectivity index is 1.07. The number of para-hydroxylation sites is 1. The smallest absolute Gasteiger partial charge is 0.116 e. The standard InChI is InChI=1S/C53H39N5/c1-3-12-42-41-25-27-56-33-51(41)57(52(42)54)39-22-19-35(20-23-39)36-21-24-48(34(2)29-36)58-49-18-11-10-17-40(49)44-30-47-43(31-50(44)58)45-32-55-28-26-46(45)53(47,37-13-6-4-7-14-37)38-15-8-5-9-16-38/h3-33H,54H2,1-2H3/b12-3-. The third-order valence-electron chi connectivity index (χ3n) is 12.2. The molecule has 4 heterocycles. The van der Waals surface area contributed by atoms with E-state index in [-0.39, 0.29) is 0 Å². The molecule has 0 unspecified atom stereocenters. The first-order chi connectivity index (χ1) is 28.6. The van der Waals surface area contributed by atoms with Gasteiger partial charge < -0.3 is 10.3 Å². The molecule has 2 N–H and O–H groups in total. The summed E-state index contributed by atoms with van der Waals surface area (Å²) in [5, 5.41) is 3.55. The summed E-state index contributed by atoms with van der Waals surface area (Å²) in [7, 11) is 0. The van der Waals surface area contributed by atoms with Crippen LogP contribution in [0.1, 0.15) is 40.3 Å². The predicted molar refractivity (Wildman–Crippen MR) is 240 cm³/mol. The molecular formula is C53H39N5. The fraction of sp³-hybridized carbons (Fsp3) is 0.0566. The maximum Gasteiger partial charge on any atom is 0.116 e. The molecule has 0 bridgehead atoms. The molecule has 0 radical (unpaired) electrons.